The number of hydrogen-bond donors (Lipinski definition) is 2. The van der Waals surface area contributed by atoms with Gasteiger partial charge in [-0.25, -0.2) is 9.78 Å². The molecule has 3 aromatic rings. The van der Waals surface area contributed by atoms with E-state index in [0.29, 0.717) is 34.6 Å². The number of amides is 3. The molecule has 7 nitrogen and oxygen atoms in total. The molecule has 154 valence electrons. The van der Waals surface area contributed by atoms with E-state index in [9.17, 15) is 9.59 Å². The Hall–Kier alpha value is -3.10. The predicted molar refractivity (Wildman–Crippen MR) is 121 cm³/mol. The maximum atomic E-state index is 12.8. The topological polar surface area (TPSA) is 77.6 Å². The van der Waals surface area contributed by atoms with Gasteiger partial charge in [-0.15, -0.1) is 11.3 Å². The monoisotopic (exact) mass is 441 g/mol. The van der Waals surface area contributed by atoms with Crippen LogP contribution in [0.5, 0.6) is 0 Å². The number of urea groups is 1. The van der Waals surface area contributed by atoms with Gasteiger partial charge >= 0.3 is 6.03 Å². The lowest BCUT2D eigenvalue weighted by atomic mass is 10.2. The third-order valence-corrected chi connectivity index (χ3v) is 5.74. The summed E-state index contributed by atoms with van der Waals surface area (Å²) >= 11 is 7.18. The summed E-state index contributed by atoms with van der Waals surface area (Å²) in [5.41, 5.74) is 2.12. The van der Waals surface area contributed by atoms with Crippen molar-refractivity contribution in [2.45, 2.75) is 0 Å². The highest BCUT2D eigenvalue weighted by Gasteiger charge is 2.24. The Morgan fingerprint density at radius 3 is 2.33 bits per heavy atom. The van der Waals surface area contributed by atoms with Crippen molar-refractivity contribution in [3.63, 3.8) is 0 Å². The Morgan fingerprint density at radius 1 is 0.933 bits per heavy atom. The van der Waals surface area contributed by atoms with E-state index in [1.54, 1.807) is 22.4 Å². The molecule has 0 spiro atoms. The number of aromatic nitrogens is 1. The molecule has 1 saturated heterocycles. The number of halogens is 1. The number of thiazole rings is 1. The maximum absolute atomic E-state index is 12.8. The molecular formula is C21H20ClN5O2S. The van der Waals surface area contributed by atoms with Gasteiger partial charge in [-0.1, -0.05) is 29.8 Å². The lowest BCUT2D eigenvalue weighted by Gasteiger charge is -2.35. The van der Waals surface area contributed by atoms with Crippen molar-refractivity contribution < 1.29 is 9.59 Å². The van der Waals surface area contributed by atoms with Crippen molar-refractivity contribution in [3.05, 3.63) is 70.7 Å². The Bertz CT molecular complexity index is 1020. The first-order valence-corrected chi connectivity index (χ1v) is 10.7. The third-order valence-electron chi connectivity index (χ3n) is 4.73. The molecule has 1 aliphatic rings. The van der Waals surface area contributed by atoms with Gasteiger partial charge in [-0.2, -0.15) is 0 Å². The summed E-state index contributed by atoms with van der Waals surface area (Å²) in [6.07, 6.45) is 0. The molecule has 30 heavy (non-hydrogen) atoms. The highest BCUT2D eigenvalue weighted by Crippen LogP contribution is 2.21. The second kappa shape index (κ2) is 9.15. The Morgan fingerprint density at radius 2 is 1.63 bits per heavy atom. The quantitative estimate of drug-likeness (QED) is 0.629. The van der Waals surface area contributed by atoms with E-state index in [1.807, 2.05) is 42.5 Å². The van der Waals surface area contributed by atoms with Crippen LogP contribution in [-0.2, 0) is 0 Å². The minimum absolute atomic E-state index is 0.126. The number of benzene rings is 2. The van der Waals surface area contributed by atoms with Gasteiger partial charge in [0.05, 0.1) is 0 Å². The van der Waals surface area contributed by atoms with E-state index in [-0.39, 0.29) is 5.91 Å². The first-order valence-electron chi connectivity index (χ1n) is 9.47. The zero-order valence-corrected chi connectivity index (χ0v) is 17.6. The largest absolute Gasteiger partial charge is 0.368 e. The molecule has 2 heterocycles. The summed E-state index contributed by atoms with van der Waals surface area (Å²) in [7, 11) is 0. The number of piperazine rings is 1. The number of hydrogen-bond acceptors (Lipinski definition) is 5. The van der Waals surface area contributed by atoms with E-state index in [0.717, 1.165) is 18.8 Å². The molecular weight excluding hydrogens is 422 g/mol. The van der Waals surface area contributed by atoms with Gasteiger partial charge in [0.1, 0.15) is 5.69 Å². The number of nitrogens with one attached hydrogen (secondary N) is 2. The number of para-hydroxylation sites is 1. The molecule has 1 aromatic heterocycles. The highest BCUT2D eigenvalue weighted by molar-refractivity contribution is 7.14. The summed E-state index contributed by atoms with van der Waals surface area (Å²) in [4.78, 5) is 33.2. The number of carbonyl (C=O) groups excluding carboxylic acids is 2. The molecule has 1 fully saturated rings. The Kier molecular flexibility index (Phi) is 6.15. The molecule has 0 aliphatic carbocycles. The van der Waals surface area contributed by atoms with Gasteiger partial charge in [-0.3, -0.25) is 10.1 Å². The van der Waals surface area contributed by atoms with Gasteiger partial charge < -0.3 is 15.1 Å². The molecule has 2 N–H and O–H groups in total. The van der Waals surface area contributed by atoms with E-state index < -0.39 is 6.03 Å². The lowest BCUT2D eigenvalue weighted by Crippen LogP contribution is -2.48. The smallest absolute Gasteiger partial charge is 0.325 e. The van der Waals surface area contributed by atoms with Crippen LogP contribution >= 0.6 is 22.9 Å². The number of rotatable bonds is 4. The summed E-state index contributed by atoms with van der Waals surface area (Å²) in [6.45, 7) is 2.69. The fourth-order valence-electron chi connectivity index (χ4n) is 3.19. The zero-order chi connectivity index (χ0) is 20.9. The van der Waals surface area contributed by atoms with E-state index in [1.165, 1.54) is 11.3 Å². The Labute approximate surface area is 183 Å². The van der Waals surface area contributed by atoms with Crippen molar-refractivity contribution in [2.75, 3.05) is 41.7 Å². The SMILES string of the molecule is O=C(Nc1ccccc1)Nc1nc(C(=O)N2CCN(c3ccc(Cl)cc3)CC2)cs1. The molecule has 2 aromatic carbocycles. The van der Waals surface area contributed by atoms with Crippen molar-refractivity contribution in [1.82, 2.24) is 9.88 Å². The molecule has 4 rings (SSSR count). The minimum Gasteiger partial charge on any atom is -0.368 e. The second-order valence-electron chi connectivity index (χ2n) is 6.74. The van der Waals surface area contributed by atoms with Crippen LogP contribution in [0.2, 0.25) is 5.02 Å². The van der Waals surface area contributed by atoms with Crippen LogP contribution in [0, 0.1) is 0 Å². The third kappa shape index (κ3) is 4.90. The van der Waals surface area contributed by atoms with Crippen LogP contribution in [0.15, 0.2) is 60.0 Å². The van der Waals surface area contributed by atoms with E-state index in [2.05, 4.69) is 20.5 Å². The van der Waals surface area contributed by atoms with Crippen molar-refractivity contribution >= 4 is 51.4 Å². The summed E-state index contributed by atoms with van der Waals surface area (Å²) in [5, 5.41) is 8.15. The van der Waals surface area contributed by atoms with Gasteiger partial charge in [0.15, 0.2) is 5.13 Å². The zero-order valence-electron chi connectivity index (χ0n) is 16.0. The first-order chi connectivity index (χ1) is 14.6. The fraction of sp³-hybridized carbons (Fsp3) is 0.190. The van der Waals surface area contributed by atoms with Gasteiger partial charge in [0, 0.05) is 48.0 Å². The minimum atomic E-state index is -0.397. The fourth-order valence-corrected chi connectivity index (χ4v) is 4.00. The lowest BCUT2D eigenvalue weighted by molar-refractivity contribution is 0.0741. The number of carbonyl (C=O) groups is 2. The molecule has 0 radical (unpaired) electrons. The summed E-state index contributed by atoms with van der Waals surface area (Å²) in [5.74, 6) is -0.126. The molecule has 3 amide bonds. The second-order valence-corrected chi connectivity index (χ2v) is 8.03. The van der Waals surface area contributed by atoms with Crippen LogP contribution in [0.4, 0.5) is 21.3 Å². The maximum Gasteiger partial charge on any atom is 0.325 e. The Balaban J connectivity index is 1.31. The molecule has 0 unspecified atom stereocenters. The van der Waals surface area contributed by atoms with Crippen LogP contribution in [-0.4, -0.2) is 48.0 Å². The van der Waals surface area contributed by atoms with E-state index >= 15 is 0 Å². The average molecular weight is 442 g/mol. The standard InChI is InChI=1S/C21H20ClN5O2S/c22-15-6-8-17(9-7-15)26-10-12-27(13-11-26)19(28)18-14-30-21(24-18)25-20(29)23-16-4-2-1-3-5-16/h1-9,14H,10-13H2,(H2,23,24,25,29). The average Bonchev–Trinajstić information content (AvgIpc) is 3.23. The molecule has 1 aliphatic heterocycles. The molecule has 0 atom stereocenters. The van der Waals surface area contributed by atoms with Crippen molar-refractivity contribution in [1.29, 1.82) is 0 Å². The normalized spacial score (nSPS) is 13.8. The van der Waals surface area contributed by atoms with Crippen LogP contribution in [0.3, 0.4) is 0 Å². The predicted octanol–water partition coefficient (Wildman–Crippen LogP) is 4.40. The van der Waals surface area contributed by atoms with Crippen molar-refractivity contribution in [2.24, 2.45) is 0 Å². The molecule has 0 saturated carbocycles. The molecule has 0 bridgehead atoms. The number of nitrogens with zero attached hydrogens (tertiary/aromatic N) is 3. The molecule has 9 heteroatoms. The highest BCUT2D eigenvalue weighted by atomic mass is 35.5. The summed E-state index contributed by atoms with van der Waals surface area (Å²) < 4.78 is 0. The summed E-state index contributed by atoms with van der Waals surface area (Å²) in [6, 6.07) is 16.4. The van der Waals surface area contributed by atoms with Crippen molar-refractivity contribution in [3.8, 4) is 0 Å². The van der Waals surface area contributed by atoms with E-state index in [4.69, 9.17) is 11.6 Å². The van der Waals surface area contributed by atoms with Crippen LogP contribution in [0.1, 0.15) is 10.5 Å². The van der Waals surface area contributed by atoms with Crippen LogP contribution < -0.4 is 15.5 Å². The first kappa shape index (κ1) is 20.2. The number of anilines is 3. The van der Waals surface area contributed by atoms with Gasteiger partial charge in [-0.05, 0) is 36.4 Å². The van der Waals surface area contributed by atoms with Gasteiger partial charge in [0.25, 0.3) is 5.91 Å². The van der Waals surface area contributed by atoms with Gasteiger partial charge in [0.2, 0.25) is 0 Å². The van der Waals surface area contributed by atoms with Crippen LogP contribution in [0.25, 0.3) is 0 Å².